The molecule has 156 valence electrons. The minimum Gasteiger partial charge on any atom is -0.293 e. The summed E-state index contributed by atoms with van der Waals surface area (Å²) < 4.78 is 0. The molecule has 0 fully saturated rings. The van der Waals surface area contributed by atoms with Crippen molar-refractivity contribution < 1.29 is 19.6 Å². The highest BCUT2D eigenvalue weighted by Gasteiger charge is 2.22. The molecule has 0 heterocycles. The van der Waals surface area contributed by atoms with Crippen LogP contribution in [0, 0.1) is 5.92 Å². The van der Waals surface area contributed by atoms with E-state index < -0.39 is 17.9 Å². The second-order valence-electron chi connectivity index (χ2n) is 6.68. The van der Waals surface area contributed by atoms with Crippen molar-refractivity contribution in [3.63, 3.8) is 0 Å². The number of para-hydroxylation sites is 1. The zero-order valence-corrected chi connectivity index (χ0v) is 16.8. The summed E-state index contributed by atoms with van der Waals surface area (Å²) in [5.74, 6) is -1.04. The molecule has 28 heavy (non-hydrogen) atoms. The lowest BCUT2D eigenvalue weighted by Gasteiger charge is -2.24. The molecule has 1 unspecified atom stereocenters. The molecule has 1 rings (SSSR count). The van der Waals surface area contributed by atoms with Gasteiger partial charge in [0.15, 0.2) is 0 Å². The van der Waals surface area contributed by atoms with E-state index in [2.05, 4.69) is 10.9 Å². The number of carbonyl (C=O) groups is 3. The van der Waals surface area contributed by atoms with E-state index in [1.165, 1.54) is 0 Å². The first-order valence-corrected chi connectivity index (χ1v) is 9.86. The van der Waals surface area contributed by atoms with Crippen LogP contribution in [0.15, 0.2) is 30.3 Å². The van der Waals surface area contributed by atoms with Crippen LogP contribution < -0.4 is 15.8 Å². The second-order valence-corrected chi connectivity index (χ2v) is 6.68. The van der Waals surface area contributed by atoms with Crippen molar-refractivity contribution in [2.24, 2.45) is 5.92 Å². The Kier molecular flexibility index (Phi) is 11.3. The molecule has 4 amide bonds. The quantitative estimate of drug-likeness (QED) is 0.220. The van der Waals surface area contributed by atoms with E-state index in [-0.39, 0.29) is 13.0 Å². The van der Waals surface area contributed by atoms with E-state index in [9.17, 15) is 19.6 Å². The van der Waals surface area contributed by atoms with Gasteiger partial charge in [0.1, 0.15) is 0 Å². The molecule has 0 saturated carbocycles. The Morgan fingerprint density at radius 1 is 1.07 bits per heavy atom. The molecular formula is C20H32N4O4. The first-order chi connectivity index (χ1) is 13.5. The predicted molar refractivity (Wildman–Crippen MR) is 108 cm³/mol. The molecular weight excluding hydrogens is 360 g/mol. The summed E-state index contributed by atoms with van der Waals surface area (Å²) in [5.41, 5.74) is 5.62. The molecule has 0 spiro atoms. The normalized spacial score (nSPS) is 11.4. The zero-order chi connectivity index (χ0) is 20.8. The number of carbonyl (C=O) groups excluding carboxylic acids is 3. The highest BCUT2D eigenvalue weighted by atomic mass is 16.5. The van der Waals surface area contributed by atoms with Crippen LogP contribution >= 0.6 is 0 Å². The number of nitrogens with zero attached hydrogens (tertiary/aromatic N) is 2. The topological polar surface area (TPSA) is 102 Å². The van der Waals surface area contributed by atoms with Crippen molar-refractivity contribution in [1.29, 1.82) is 0 Å². The standard InChI is InChI=1S/C20H32N4O4/c1-3-5-8-11-17(15-23(28)16-25)19(26)21-22-20(27)24(14-6-4-2)18-12-9-7-10-13-18/h7,9-10,12-13,16-17,28H,3-6,8,11,14-15H2,1-2H3,(H,21,26)(H,22,27). The smallest absolute Gasteiger partial charge is 0.293 e. The van der Waals surface area contributed by atoms with Gasteiger partial charge in [0.05, 0.1) is 12.5 Å². The number of hydrogen-bond acceptors (Lipinski definition) is 4. The predicted octanol–water partition coefficient (Wildman–Crippen LogP) is 3.08. The van der Waals surface area contributed by atoms with Crippen LogP contribution in [-0.4, -0.2) is 41.7 Å². The SMILES string of the molecule is CCCCCC(CN(O)C=O)C(=O)NNC(=O)N(CCCC)c1ccccc1. The minimum absolute atomic E-state index is 0.118. The van der Waals surface area contributed by atoms with Gasteiger partial charge >= 0.3 is 6.03 Å². The summed E-state index contributed by atoms with van der Waals surface area (Å²) in [6.45, 7) is 4.50. The van der Waals surface area contributed by atoms with Crippen LogP contribution in [0.3, 0.4) is 0 Å². The Hall–Kier alpha value is -2.61. The van der Waals surface area contributed by atoms with Crippen LogP contribution in [0.5, 0.6) is 0 Å². The molecule has 1 aromatic rings. The number of hydroxylamine groups is 2. The molecule has 3 N–H and O–H groups in total. The van der Waals surface area contributed by atoms with Crippen molar-refractivity contribution >= 4 is 24.0 Å². The fourth-order valence-electron chi connectivity index (χ4n) is 2.77. The largest absolute Gasteiger partial charge is 0.340 e. The monoisotopic (exact) mass is 392 g/mol. The van der Waals surface area contributed by atoms with E-state index in [4.69, 9.17) is 0 Å². The number of hydrazine groups is 1. The average molecular weight is 393 g/mol. The van der Waals surface area contributed by atoms with Crippen molar-refractivity contribution in [3.8, 4) is 0 Å². The third kappa shape index (κ3) is 8.39. The maximum atomic E-state index is 12.6. The number of rotatable bonds is 12. The van der Waals surface area contributed by atoms with E-state index in [1.807, 2.05) is 44.2 Å². The molecule has 0 aliphatic carbocycles. The molecule has 8 nitrogen and oxygen atoms in total. The zero-order valence-electron chi connectivity index (χ0n) is 16.8. The molecule has 8 heteroatoms. The summed E-state index contributed by atoms with van der Waals surface area (Å²) in [4.78, 5) is 37.3. The molecule has 1 atom stereocenters. The number of anilines is 1. The van der Waals surface area contributed by atoms with Gasteiger partial charge in [-0.15, -0.1) is 0 Å². The van der Waals surface area contributed by atoms with Gasteiger partial charge in [-0.2, -0.15) is 0 Å². The third-order valence-corrected chi connectivity index (χ3v) is 4.40. The molecule has 0 aliphatic heterocycles. The lowest BCUT2D eigenvalue weighted by atomic mass is 10.0. The number of hydrogen-bond donors (Lipinski definition) is 3. The van der Waals surface area contributed by atoms with Gasteiger partial charge in [-0.3, -0.25) is 25.1 Å². The van der Waals surface area contributed by atoms with Crippen LogP contribution in [0.4, 0.5) is 10.5 Å². The van der Waals surface area contributed by atoms with E-state index in [0.717, 1.165) is 37.8 Å². The Morgan fingerprint density at radius 2 is 1.75 bits per heavy atom. The fourth-order valence-corrected chi connectivity index (χ4v) is 2.77. The van der Waals surface area contributed by atoms with Crippen molar-refractivity contribution in [2.75, 3.05) is 18.0 Å². The highest BCUT2D eigenvalue weighted by molar-refractivity contribution is 5.93. The number of unbranched alkanes of at least 4 members (excludes halogenated alkanes) is 3. The second kappa shape index (κ2) is 13.5. The summed E-state index contributed by atoms with van der Waals surface area (Å²) in [6.07, 6.45) is 5.27. The summed E-state index contributed by atoms with van der Waals surface area (Å²) in [6, 6.07) is 8.79. The van der Waals surface area contributed by atoms with E-state index in [0.29, 0.717) is 18.0 Å². The summed E-state index contributed by atoms with van der Waals surface area (Å²) >= 11 is 0. The van der Waals surface area contributed by atoms with E-state index in [1.54, 1.807) is 4.90 Å². The number of amides is 4. The molecule has 0 bridgehead atoms. The van der Waals surface area contributed by atoms with Crippen LogP contribution in [0.1, 0.15) is 52.4 Å². The molecule has 0 saturated heterocycles. The summed E-state index contributed by atoms with van der Waals surface area (Å²) in [7, 11) is 0. The van der Waals surface area contributed by atoms with Gasteiger partial charge in [-0.1, -0.05) is 57.7 Å². The maximum absolute atomic E-state index is 12.6. The molecule has 0 aromatic heterocycles. The first kappa shape index (κ1) is 23.4. The Balaban J connectivity index is 2.70. The minimum atomic E-state index is -0.608. The van der Waals surface area contributed by atoms with Gasteiger partial charge in [0, 0.05) is 12.2 Å². The van der Waals surface area contributed by atoms with Gasteiger partial charge < -0.3 is 0 Å². The molecule has 0 aliphatic rings. The van der Waals surface area contributed by atoms with Gasteiger partial charge in [-0.25, -0.2) is 15.3 Å². The number of nitrogens with one attached hydrogen (secondary N) is 2. The average Bonchev–Trinajstić information content (AvgIpc) is 2.72. The van der Waals surface area contributed by atoms with Crippen LogP contribution in [0.2, 0.25) is 0 Å². The van der Waals surface area contributed by atoms with Crippen molar-refractivity contribution in [3.05, 3.63) is 30.3 Å². The Bertz CT molecular complexity index is 597. The summed E-state index contributed by atoms with van der Waals surface area (Å²) in [5, 5.41) is 9.89. The molecule has 1 aromatic carbocycles. The lowest BCUT2D eigenvalue weighted by molar-refractivity contribution is -0.154. The maximum Gasteiger partial charge on any atom is 0.340 e. The van der Waals surface area contributed by atoms with Crippen molar-refractivity contribution in [2.45, 2.75) is 52.4 Å². The van der Waals surface area contributed by atoms with Crippen LogP contribution in [-0.2, 0) is 9.59 Å². The van der Waals surface area contributed by atoms with Gasteiger partial charge in [-0.05, 0) is 25.0 Å². The lowest BCUT2D eigenvalue weighted by Crippen LogP contribution is -2.51. The number of benzene rings is 1. The third-order valence-electron chi connectivity index (χ3n) is 4.40. The van der Waals surface area contributed by atoms with E-state index >= 15 is 0 Å². The Labute approximate surface area is 166 Å². The van der Waals surface area contributed by atoms with Crippen molar-refractivity contribution in [1.82, 2.24) is 15.9 Å². The van der Waals surface area contributed by atoms with Gasteiger partial charge in [0.25, 0.3) is 0 Å². The van der Waals surface area contributed by atoms with Gasteiger partial charge in [0.2, 0.25) is 12.3 Å². The first-order valence-electron chi connectivity index (χ1n) is 9.86. The Morgan fingerprint density at radius 3 is 2.36 bits per heavy atom. The fraction of sp³-hybridized carbons (Fsp3) is 0.550. The highest BCUT2D eigenvalue weighted by Crippen LogP contribution is 2.14. The van der Waals surface area contributed by atoms with Crippen LogP contribution in [0.25, 0.3) is 0 Å². The number of urea groups is 1. The molecule has 0 radical (unpaired) electrons.